The van der Waals surface area contributed by atoms with Crippen LogP contribution >= 0.6 is 11.6 Å². The fraction of sp³-hybridized carbons (Fsp3) is 0.222. The Hall–Kier alpha value is -2.17. The number of carbonyl (C=O) groups is 2. The number of hydrogen-bond acceptors (Lipinski definition) is 3. The van der Waals surface area contributed by atoms with E-state index in [0.29, 0.717) is 28.1 Å². The summed E-state index contributed by atoms with van der Waals surface area (Å²) in [5.74, 6) is -0.564. The number of amides is 1. The lowest BCUT2D eigenvalue weighted by molar-refractivity contribution is 0.0924. The molecule has 1 amide bonds. The number of carbonyl (C=O) groups excluding carboxylic acids is 2. The standard InChI is InChI=1S/C18H18ClNO3/c1-12(10-11-21)20-18(23)16-5-3-2-4-15(16)17(22)13-6-8-14(19)9-7-13/h2-9,12,21H,10-11H2,1H3,(H,20,23). The van der Waals surface area contributed by atoms with Crippen molar-refractivity contribution in [2.75, 3.05) is 6.61 Å². The first-order chi connectivity index (χ1) is 11.0. The van der Waals surface area contributed by atoms with E-state index in [1.165, 1.54) is 0 Å². The van der Waals surface area contributed by atoms with Gasteiger partial charge in [0.2, 0.25) is 0 Å². The van der Waals surface area contributed by atoms with Gasteiger partial charge in [0, 0.05) is 28.8 Å². The Bertz CT molecular complexity index is 698. The molecule has 2 aromatic carbocycles. The molecule has 0 spiro atoms. The zero-order valence-corrected chi connectivity index (χ0v) is 13.5. The monoisotopic (exact) mass is 331 g/mol. The molecule has 0 aliphatic rings. The Labute approximate surface area is 140 Å². The Balaban J connectivity index is 2.28. The molecule has 0 aliphatic carbocycles. The first-order valence-electron chi connectivity index (χ1n) is 7.34. The molecule has 0 saturated heterocycles. The Morgan fingerprint density at radius 3 is 2.30 bits per heavy atom. The van der Waals surface area contributed by atoms with Crippen LogP contribution in [0.2, 0.25) is 5.02 Å². The molecule has 0 saturated carbocycles. The summed E-state index contributed by atoms with van der Waals surface area (Å²) < 4.78 is 0. The van der Waals surface area contributed by atoms with Gasteiger partial charge in [0.05, 0.1) is 5.56 Å². The summed E-state index contributed by atoms with van der Waals surface area (Å²) in [5.41, 5.74) is 1.12. The van der Waals surface area contributed by atoms with Crippen molar-refractivity contribution in [2.45, 2.75) is 19.4 Å². The third-order valence-corrected chi connectivity index (χ3v) is 3.71. The molecular weight excluding hydrogens is 314 g/mol. The molecule has 0 aliphatic heterocycles. The van der Waals surface area contributed by atoms with Crippen LogP contribution < -0.4 is 5.32 Å². The smallest absolute Gasteiger partial charge is 0.252 e. The van der Waals surface area contributed by atoms with Crippen LogP contribution in [0, 0.1) is 0 Å². The van der Waals surface area contributed by atoms with E-state index in [1.807, 2.05) is 0 Å². The van der Waals surface area contributed by atoms with Gasteiger partial charge in [0.15, 0.2) is 5.78 Å². The first-order valence-corrected chi connectivity index (χ1v) is 7.71. The summed E-state index contributed by atoms with van der Waals surface area (Å²) in [5, 5.41) is 12.2. The summed E-state index contributed by atoms with van der Waals surface area (Å²) in [4.78, 5) is 25.0. The van der Waals surface area contributed by atoms with Crippen molar-refractivity contribution in [2.24, 2.45) is 0 Å². The predicted octanol–water partition coefficient (Wildman–Crippen LogP) is 3.07. The van der Waals surface area contributed by atoms with Gasteiger partial charge in [0.1, 0.15) is 0 Å². The number of ketones is 1. The number of nitrogens with one attached hydrogen (secondary N) is 1. The average Bonchev–Trinajstić information content (AvgIpc) is 2.55. The molecular formula is C18H18ClNO3. The van der Waals surface area contributed by atoms with Crippen molar-refractivity contribution in [3.05, 3.63) is 70.2 Å². The van der Waals surface area contributed by atoms with Gasteiger partial charge in [0.25, 0.3) is 5.91 Å². The van der Waals surface area contributed by atoms with Crippen LogP contribution in [0.5, 0.6) is 0 Å². The molecule has 0 fully saturated rings. The number of rotatable bonds is 6. The van der Waals surface area contributed by atoms with Crippen LogP contribution in [0.15, 0.2) is 48.5 Å². The third kappa shape index (κ3) is 4.41. The van der Waals surface area contributed by atoms with E-state index in [4.69, 9.17) is 16.7 Å². The van der Waals surface area contributed by atoms with Gasteiger partial charge in [-0.3, -0.25) is 9.59 Å². The van der Waals surface area contributed by atoms with Crippen LogP contribution in [0.25, 0.3) is 0 Å². The molecule has 2 rings (SSSR count). The van der Waals surface area contributed by atoms with Crippen molar-refractivity contribution >= 4 is 23.3 Å². The molecule has 0 heterocycles. The maximum Gasteiger partial charge on any atom is 0.252 e. The summed E-state index contributed by atoms with van der Waals surface area (Å²) >= 11 is 5.84. The van der Waals surface area contributed by atoms with Crippen LogP contribution in [0.4, 0.5) is 0 Å². The normalized spacial score (nSPS) is 11.8. The highest BCUT2D eigenvalue weighted by atomic mass is 35.5. The van der Waals surface area contributed by atoms with Crippen molar-refractivity contribution in [1.82, 2.24) is 5.32 Å². The highest BCUT2D eigenvalue weighted by Crippen LogP contribution is 2.17. The maximum atomic E-state index is 12.6. The van der Waals surface area contributed by atoms with Crippen molar-refractivity contribution in [1.29, 1.82) is 0 Å². The molecule has 5 heteroatoms. The second kappa shape index (κ2) is 7.90. The summed E-state index contributed by atoms with van der Waals surface area (Å²) in [6.07, 6.45) is 0.457. The predicted molar refractivity (Wildman–Crippen MR) is 90.0 cm³/mol. The van der Waals surface area contributed by atoms with Crippen molar-refractivity contribution in [3.8, 4) is 0 Å². The number of benzene rings is 2. The minimum atomic E-state index is -0.330. The number of halogens is 1. The van der Waals surface area contributed by atoms with Crippen LogP contribution in [-0.2, 0) is 0 Å². The lowest BCUT2D eigenvalue weighted by atomic mass is 9.97. The summed E-state index contributed by atoms with van der Waals surface area (Å²) in [6.45, 7) is 1.80. The van der Waals surface area contributed by atoms with E-state index in [0.717, 1.165) is 0 Å². The molecule has 2 aromatic rings. The second-order valence-electron chi connectivity index (χ2n) is 5.27. The fourth-order valence-corrected chi connectivity index (χ4v) is 2.33. The SMILES string of the molecule is CC(CCO)NC(=O)c1ccccc1C(=O)c1ccc(Cl)cc1. The molecule has 4 nitrogen and oxygen atoms in total. The van der Waals surface area contributed by atoms with Gasteiger partial charge < -0.3 is 10.4 Å². The van der Waals surface area contributed by atoms with Crippen molar-refractivity contribution in [3.63, 3.8) is 0 Å². The third-order valence-electron chi connectivity index (χ3n) is 3.46. The van der Waals surface area contributed by atoms with Gasteiger partial charge >= 0.3 is 0 Å². The van der Waals surface area contributed by atoms with E-state index in [2.05, 4.69) is 5.32 Å². The molecule has 0 bridgehead atoms. The number of aliphatic hydroxyl groups excluding tert-OH is 1. The Morgan fingerprint density at radius 1 is 1.09 bits per heavy atom. The molecule has 0 aromatic heterocycles. The van der Waals surface area contributed by atoms with Gasteiger partial charge in [-0.15, -0.1) is 0 Å². The van der Waals surface area contributed by atoms with Crippen LogP contribution in [0.1, 0.15) is 39.6 Å². The lowest BCUT2D eigenvalue weighted by Crippen LogP contribution is -2.34. The van der Waals surface area contributed by atoms with Gasteiger partial charge in [-0.25, -0.2) is 0 Å². The molecule has 0 radical (unpaired) electrons. The van der Waals surface area contributed by atoms with Gasteiger partial charge in [-0.05, 0) is 43.7 Å². The second-order valence-corrected chi connectivity index (χ2v) is 5.70. The largest absolute Gasteiger partial charge is 0.396 e. The van der Waals surface area contributed by atoms with Gasteiger partial charge in [-0.2, -0.15) is 0 Å². The minimum absolute atomic E-state index is 0.00714. The fourth-order valence-electron chi connectivity index (χ4n) is 2.20. The van der Waals surface area contributed by atoms with E-state index in [9.17, 15) is 9.59 Å². The molecule has 2 N–H and O–H groups in total. The molecule has 1 atom stereocenters. The molecule has 120 valence electrons. The summed E-state index contributed by atoms with van der Waals surface area (Å²) in [7, 11) is 0. The van der Waals surface area contributed by atoms with Crippen molar-refractivity contribution < 1.29 is 14.7 Å². The highest BCUT2D eigenvalue weighted by molar-refractivity contribution is 6.30. The minimum Gasteiger partial charge on any atom is -0.396 e. The van der Waals surface area contributed by atoms with E-state index in [1.54, 1.807) is 55.5 Å². The maximum absolute atomic E-state index is 12.6. The Kier molecular flexibility index (Phi) is 5.90. The lowest BCUT2D eigenvalue weighted by Gasteiger charge is -2.14. The number of aliphatic hydroxyl groups is 1. The van der Waals surface area contributed by atoms with Crippen LogP contribution in [0.3, 0.4) is 0 Å². The zero-order valence-electron chi connectivity index (χ0n) is 12.8. The summed E-state index contributed by atoms with van der Waals surface area (Å²) in [6, 6.07) is 13.0. The van der Waals surface area contributed by atoms with E-state index < -0.39 is 0 Å². The van der Waals surface area contributed by atoms with Gasteiger partial charge in [-0.1, -0.05) is 29.8 Å². The van der Waals surface area contributed by atoms with E-state index in [-0.39, 0.29) is 24.3 Å². The highest BCUT2D eigenvalue weighted by Gasteiger charge is 2.19. The topological polar surface area (TPSA) is 66.4 Å². The molecule has 1 unspecified atom stereocenters. The average molecular weight is 332 g/mol. The number of hydrogen-bond donors (Lipinski definition) is 2. The van der Waals surface area contributed by atoms with Crippen LogP contribution in [-0.4, -0.2) is 29.4 Å². The Morgan fingerprint density at radius 2 is 1.70 bits per heavy atom. The quantitative estimate of drug-likeness (QED) is 0.799. The molecule has 23 heavy (non-hydrogen) atoms. The zero-order chi connectivity index (χ0) is 16.8. The van der Waals surface area contributed by atoms with E-state index >= 15 is 0 Å². The first kappa shape index (κ1) is 17.2.